The maximum atomic E-state index is 13.0. The molecule has 2 rings (SSSR count). The lowest BCUT2D eigenvalue weighted by Crippen LogP contribution is -2.61. The maximum absolute atomic E-state index is 13.0. The van der Waals surface area contributed by atoms with Gasteiger partial charge in [0.15, 0.2) is 18.7 Å². The fourth-order valence-electron chi connectivity index (χ4n) is 7.41. The topological polar surface area (TPSA) is 231 Å². The zero-order chi connectivity index (χ0) is 46.1. The number of rotatable bonds is 36. The molecule has 7 N–H and O–H groups in total. The Kier molecular flexibility index (Phi) is 32.4. The lowest BCUT2D eigenvalue weighted by atomic mass is 9.98. The molecule has 0 aromatic rings. The summed E-state index contributed by atoms with van der Waals surface area (Å²) in [5.41, 5.74) is 0. The summed E-state index contributed by atoms with van der Waals surface area (Å²) in [6.45, 7) is 2.44. The summed E-state index contributed by atoms with van der Waals surface area (Å²) < 4.78 is 33.5. The van der Waals surface area contributed by atoms with E-state index in [1.807, 2.05) is 0 Å². The number of aliphatic hydroxyl groups excluding tert-OH is 7. The first kappa shape index (κ1) is 56.8. The molecule has 2 fully saturated rings. The number of unbranched alkanes of at least 4 members (excludes halogenated alkanes) is 16. The lowest BCUT2D eigenvalue weighted by Gasteiger charge is -2.42. The number of allylic oxidation sites excluding steroid dienone is 6. The fraction of sp³-hybridized carbons (Fsp3) is 0.833. The third-order valence-corrected chi connectivity index (χ3v) is 11.4. The van der Waals surface area contributed by atoms with Gasteiger partial charge in [0.2, 0.25) is 0 Å². The van der Waals surface area contributed by atoms with Crippen LogP contribution in [0.25, 0.3) is 0 Å². The third kappa shape index (κ3) is 24.7. The van der Waals surface area contributed by atoms with Gasteiger partial charge in [-0.05, 0) is 44.9 Å². The zero-order valence-electron chi connectivity index (χ0n) is 38.3. The standard InChI is InChI=1S/C48H84O15/c1-3-5-7-9-11-13-15-17-18-19-21-23-25-27-29-31-40(51)61-36(33-58-39(50)30-28-26-24-22-20-16-14-12-10-8-6-4-2)34-59-47-46(57)44(55)42(53)38(63-47)35-60-48-45(56)43(54)41(52)37(32-49)62-48/h5,7,11,13,17-18,36-38,41-49,52-57H,3-4,6,8-10,12,14-16,19-35H2,1-2H3/b7-5-,13-11-,18-17-. The van der Waals surface area contributed by atoms with Crippen molar-refractivity contribution in [2.45, 2.75) is 229 Å². The molecule has 0 saturated carbocycles. The molecular formula is C48H84O15. The summed E-state index contributed by atoms with van der Waals surface area (Å²) in [7, 11) is 0. The van der Waals surface area contributed by atoms with Crippen LogP contribution in [0.2, 0.25) is 0 Å². The fourth-order valence-corrected chi connectivity index (χ4v) is 7.41. The van der Waals surface area contributed by atoms with Crippen LogP contribution >= 0.6 is 0 Å². The molecule has 0 amide bonds. The van der Waals surface area contributed by atoms with Gasteiger partial charge in [0.05, 0.1) is 19.8 Å². The molecule has 0 spiro atoms. The van der Waals surface area contributed by atoms with E-state index in [4.69, 9.17) is 28.4 Å². The number of hydrogen-bond acceptors (Lipinski definition) is 15. The van der Waals surface area contributed by atoms with Crippen molar-refractivity contribution >= 4 is 11.9 Å². The van der Waals surface area contributed by atoms with E-state index >= 15 is 0 Å². The highest BCUT2D eigenvalue weighted by molar-refractivity contribution is 5.70. The Hall–Kier alpha value is -2.28. The summed E-state index contributed by atoms with van der Waals surface area (Å²) in [5.74, 6) is -0.944. The minimum Gasteiger partial charge on any atom is -0.462 e. The maximum Gasteiger partial charge on any atom is 0.306 e. The van der Waals surface area contributed by atoms with E-state index in [1.54, 1.807) is 0 Å². The van der Waals surface area contributed by atoms with Crippen LogP contribution < -0.4 is 0 Å². The summed E-state index contributed by atoms with van der Waals surface area (Å²) >= 11 is 0. The smallest absolute Gasteiger partial charge is 0.306 e. The van der Waals surface area contributed by atoms with Crippen molar-refractivity contribution < 1.29 is 73.8 Å². The van der Waals surface area contributed by atoms with Gasteiger partial charge in [-0.1, -0.05) is 140 Å². The van der Waals surface area contributed by atoms with Gasteiger partial charge < -0.3 is 64.2 Å². The van der Waals surface area contributed by atoms with Crippen LogP contribution in [0.15, 0.2) is 36.5 Å². The number of hydrogen-bond donors (Lipinski definition) is 7. The molecule has 63 heavy (non-hydrogen) atoms. The Labute approximate surface area is 376 Å². The van der Waals surface area contributed by atoms with Gasteiger partial charge in [-0.25, -0.2) is 0 Å². The molecule has 2 aliphatic heterocycles. The molecule has 0 aromatic carbocycles. The Bertz CT molecular complexity index is 1240. The molecule has 0 bridgehead atoms. The van der Waals surface area contributed by atoms with E-state index in [0.29, 0.717) is 12.8 Å². The highest BCUT2D eigenvalue weighted by atomic mass is 16.7. The van der Waals surface area contributed by atoms with Gasteiger partial charge in [0, 0.05) is 12.8 Å². The van der Waals surface area contributed by atoms with Crippen molar-refractivity contribution in [1.82, 2.24) is 0 Å². The first-order valence-corrected chi connectivity index (χ1v) is 24.1. The molecule has 2 heterocycles. The summed E-state index contributed by atoms with van der Waals surface area (Å²) in [6, 6.07) is 0. The minimum atomic E-state index is -1.77. The van der Waals surface area contributed by atoms with E-state index in [0.717, 1.165) is 70.6 Å². The zero-order valence-corrected chi connectivity index (χ0v) is 38.3. The molecule has 15 nitrogen and oxygen atoms in total. The second-order valence-electron chi connectivity index (χ2n) is 16.9. The highest BCUT2D eigenvalue weighted by Gasteiger charge is 2.47. The minimum absolute atomic E-state index is 0.147. The molecule has 0 aromatic heterocycles. The predicted molar refractivity (Wildman–Crippen MR) is 238 cm³/mol. The summed E-state index contributed by atoms with van der Waals surface area (Å²) in [6.07, 6.45) is 18.9. The Morgan fingerprint density at radius 3 is 1.57 bits per heavy atom. The highest BCUT2D eigenvalue weighted by Crippen LogP contribution is 2.26. The molecule has 11 unspecified atom stereocenters. The average molecular weight is 901 g/mol. The van der Waals surface area contributed by atoms with Crippen LogP contribution in [0.5, 0.6) is 0 Å². The van der Waals surface area contributed by atoms with Crippen molar-refractivity contribution in [1.29, 1.82) is 0 Å². The normalized spacial score (nSPS) is 27.1. The average Bonchev–Trinajstić information content (AvgIpc) is 3.28. The number of aliphatic hydroxyl groups is 7. The van der Waals surface area contributed by atoms with Gasteiger partial charge in [-0.3, -0.25) is 9.59 Å². The van der Waals surface area contributed by atoms with Crippen molar-refractivity contribution in [2.75, 3.05) is 26.4 Å². The molecule has 366 valence electrons. The van der Waals surface area contributed by atoms with E-state index in [-0.39, 0.29) is 26.1 Å². The van der Waals surface area contributed by atoms with E-state index < -0.39 is 92.7 Å². The van der Waals surface area contributed by atoms with Crippen molar-refractivity contribution in [2.24, 2.45) is 0 Å². The van der Waals surface area contributed by atoms with Gasteiger partial charge in [-0.15, -0.1) is 0 Å². The van der Waals surface area contributed by atoms with Crippen LogP contribution in [0, 0.1) is 0 Å². The van der Waals surface area contributed by atoms with E-state index in [1.165, 1.54) is 51.4 Å². The van der Waals surface area contributed by atoms with Gasteiger partial charge in [-0.2, -0.15) is 0 Å². The van der Waals surface area contributed by atoms with Crippen LogP contribution in [0.1, 0.15) is 162 Å². The van der Waals surface area contributed by atoms with Crippen molar-refractivity contribution in [3.8, 4) is 0 Å². The lowest BCUT2D eigenvalue weighted by molar-refractivity contribution is -0.332. The third-order valence-electron chi connectivity index (χ3n) is 11.4. The van der Waals surface area contributed by atoms with Gasteiger partial charge >= 0.3 is 11.9 Å². The quantitative estimate of drug-likeness (QED) is 0.0225. The van der Waals surface area contributed by atoms with Gasteiger partial charge in [0.25, 0.3) is 0 Å². The molecule has 2 aliphatic rings. The number of carbonyl (C=O) groups excluding carboxylic acids is 2. The van der Waals surface area contributed by atoms with Crippen LogP contribution in [-0.4, -0.2) is 142 Å². The molecule has 0 radical (unpaired) electrons. The Balaban J connectivity index is 1.85. The second-order valence-corrected chi connectivity index (χ2v) is 16.9. The largest absolute Gasteiger partial charge is 0.462 e. The SMILES string of the molecule is CC/C=C\C/C=C\C/C=C\CCCCCCCC(=O)OC(COC(=O)CCCCCCCCCCCCCC)COC1OC(COC2OC(CO)C(O)C(O)C2O)C(O)C(O)C1O. The first-order chi connectivity index (χ1) is 30.5. The Morgan fingerprint density at radius 2 is 1.00 bits per heavy atom. The summed E-state index contributed by atoms with van der Waals surface area (Å²) in [5, 5.41) is 71.9. The first-order valence-electron chi connectivity index (χ1n) is 24.1. The van der Waals surface area contributed by atoms with Crippen molar-refractivity contribution in [3.63, 3.8) is 0 Å². The molecule has 11 atom stereocenters. The van der Waals surface area contributed by atoms with Crippen LogP contribution in [0.3, 0.4) is 0 Å². The van der Waals surface area contributed by atoms with Gasteiger partial charge in [0.1, 0.15) is 55.4 Å². The van der Waals surface area contributed by atoms with E-state index in [9.17, 15) is 45.3 Å². The van der Waals surface area contributed by atoms with Crippen molar-refractivity contribution in [3.05, 3.63) is 36.5 Å². The second kappa shape index (κ2) is 35.9. The van der Waals surface area contributed by atoms with Crippen LogP contribution in [-0.2, 0) is 38.0 Å². The number of esters is 2. The predicted octanol–water partition coefficient (Wildman–Crippen LogP) is 5.76. The number of carbonyl (C=O) groups is 2. The Morgan fingerprint density at radius 1 is 0.524 bits per heavy atom. The van der Waals surface area contributed by atoms with E-state index in [2.05, 4.69) is 50.3 Å². The number of ether oxygens (including phenoxy) is 6. The molecular weight excluding hydrogens is 817 g/mol. The monoisotopic (exact) mass is 901 g/mol. The molecule has 0 aliphatic carbocycles. The summed E-state index contributed by atoms with van der Waals surface area (Å²) in [4.78, 5) is 25.7. The van der Waals surface area contributed by atoms with Crippen LogP contribution in [0.4, 0.5) is 0 Å². The molecule has 2 saturated heterocycles. The molecule has 15 heteroatoms.